The van der Waals surface area contributed by atoms with E-state index in [2.05, 4.69) is 5.32 Å². The first kappa shape index (κ1) is 23.4. The van der Waals surface area contributed by atoms with Gasteiger partial charge in [0.1, 0.15) is 11.8 Å². The van der Waals surface area contributed by atoms with Gasteiger partial charge in [0.25, 0.3) is 0 Å². The summed E-state index contributed by atoms with van der Waals surface area (Å²) in [5, 5.41) is 3.28. The second-order valence-corrected chi connectivity index (χ2v) is 7.86. The molecule has 1 N–H and O–H groups in total. The first-order valence-electron chi connectivity index (χ1n) is 10.4. The van der Waals surface area contributed by atoms with Gasteiger partial charge >= 0.3 is 0 Å². The van der Waals surface area contributed by atoms with Crippen LogP contribution in [-0.2, 0) is 29.0 Å². The van der Waals surface area contributed by atoms with Crippen LogP contribution in [0.5, 0.6) is 5.75 Å². The highest BCUT2D eigenvalue weighted by atomic mass is 35.5. The fourth-order valence-electron chi connectivity index (χ4n) is 3.55. The van der Waals surface area contributed by atoms with E-state index in [1.54, 1.807) is 25.1 Å². The molecule has 0 aromatic heterocycles. The van der Waals surface area contributed by atoms with Crippen molar-refractivity contribution in [1.82, 2.24) is 10.2 Å². The summed E-state index contributed by atoms with van der Waals surface area (Å²) in [4.78, 5) is 28.0. The molecule has 0 aliphatic heterocycles. The van der Waals surface area contributed by atoms with Crippen molar-refractivity contribution in [2.24, 2.45) is 0 Å². The molecule has 3 aromatic carbocycles. The Labute approximate surface area is 194 Å². The molecule has 0 heterocycles. The molecule has 0 fully saturated rings. The number of amides is 2. The van der Waals surface area contributed by atoms with Crippen molar-refractivity contribution < 1.29 is 14.3 Å². The second-order valence-electron chi connectivity index (χ2n) is 7.46. The zero-order valence-corrected chi connectivity index (χ0v) is 19.0. The minimum Gasteiger partial charge on any atom is -0.497 e. The molecule has 0 aliphatic carbocycles. The number of carbonyl (C=O) groups is 2. The van der Waals surface area contributed by atoms with Crippen molar-refractivity contribution in [1.29, 1.82) is 0 Å². The number of rotatable bonds is 9. The van der Waals surface area contributed by atoms with Gasteiger partial charge in [0.05, 0.1) is 13.5 Å². The Hall–Kier alpha value is -3.31. The summed E-state index contributed by atoms with van der Waals surface area (Å²) in [6.45, 7) is 0.236. The minimum absolute atomic E-state index is 0.153. The molecular formula is C26H27ClN2O3. The molecule has 0 radical (unpaired) electrons. The summed E-state index contributed by atoms with van der Waals surface area (Å²) in [5.74, 6) is 0.352. The van der Waals surface area contributed by atoms with Crippen LogP contribution in [0.2, 0.25) is 5.02 Å². The van der Waals surface area contributed by atoms with Gasteiger partial charge in [-0.3, -0.25) is 9.59 Å². The lowest BCUT2D eigenvalue weighted by atomic mass is 10.0. The van der Waals surface area contributed by atoms with E-state index in [4.69, 9.17) is 16.3 Å². The fraction of sp³-hybridized carbons (Fsp3) is 0.231. The number of benzene rings is 3. The van der Waals surface area contributed by atoms with Gasteiger partial charge < -0.3 is 15.0 Å². The predicted molar refractivity (Wildman–Crippen MR) is 127 cm³/mol. The predicted octanol–water partition coefficient (Wildman–Crippen LogP) is 4.28. The van der Waals surface area contributed by atoms with E-state index in [1.807, 2.05) is 72.8 Å². The quantitative estimate of drug-likeness (QED) is 0.529. The van der Waals surface area contributed by atoms with E-state index in [1.165, 1.54) is 0 Å². The van der Waals surface area contributed by atoms with Crippen LogP contribution in [0, 0.1) is 0 Å². The normalized spacial score (nSPS) is 11.5. The highest BCUT2D eigenvalue weighted by Crippen LogP contribution is 2.21. The van der Waals surface area contributed by atoms with E-state index >= 15 is 0 Å². The summed E-state index contributed by atoms with van der Waals surface area (Å²) < 4.78 is 5.20. The first-order chi connectivity index (χ1) is 15.5. The molecule has 166 valence electrons. The number of carbonyl (C=O) groups excluding carboxylic acids is 2. The van der Waals surface area contributed by atoms with Gasteiger partial charge in [-0.15, -0.1) is 0 Å². The van der Waals surface area contributed by atoms with Crippen LogP contribution >= 0.6 is 11.6 Å². The van der Waals surface area contributed by atoms with Crippen LogP contribution in [-0.4, -0.2) is 36.9 Å². The fourth-order valence-corrected chi connectivity index (χ4v) is 3.75. The molecule has 32 heavy (non-hydrogen) atoms. The third-order valence-corrected chi connectivity index (χ3v) is 5.70. The average molecular weight is 451 g/mol. The number of nitrogens with zero attached hydrogens (tertiary/aromatic N) is 1. The SMILES string of the molecule is CNC(=O)C(Cc1ccccc1)N(Cc1ccccc1Cl)C(=O)Cc1ccc(OC)cc1. The lowest BCUT2D eigenvalue weighted by Gasteiger charge is -2.31. The monoisotopic (exact) mass is 450 g/mol. The molecular weight excluding hydrogens is 424 g/mol. The third kappa shape index (κ3) is 6.11. The Kier molecular flexibility index (Phi) is 8.28. The van der Waals surface area contributed by atoms with E-state index in [0.717, 1.165) is 22.4 Å². The third-order valence-electron chi connectivity index (χ3n) is 5.33. The maximum atomic E-state index is 13.5. The smallest absolute Gasteiger partial charge is 0.242 e. The molecule has 6 heteroatoms. The number of likely N-dealkylation sites (N-methyl/N-ethyl adjacent to an activating group) is 1. The summed E-state index contributed by atoms with van der Waals surface area (Å²) in [7, 11) is 3.19. The summed E-state index contributed by atoms with van der Waals surface area (Å²) >= 11 is 6.39. The summed E-state index contributed by atoms with van der Waals surface area (Å²) in [5.41, 5.74) is 2.61. The van der Waals surface area contributed by atoms with Crippen molar-refractivity contribution in [3.63, 3.8) is 0 Å². The average Bonchev–Trinajstić information content (AvgIpc) is 2.83. The van der Waals surface area contributed by atoms with Gasteiger partial charge in [-0.2, -0.15) is 0 Å². The number of methoxy groups -OCH3 is 1. The van der Waals surface area contributed by atoms with Crippen LogP contribution in [0.1, 0.15) is 16.7 Å². The van der Waals surface area contributed by atoms with Crippen molar-refractivity contribution >= 4 is 23.4 Å². The number of hydrogen-bond acceptors (Lipinski definition) is 3. The highest BCUT2D eigenvalue weighted by molar-refractivity contribution is 6.31. The maximum Gasteiger partial charge on any atom is 0.242 e. The molecule has 1 atom stereocenters. The second kappa shape index (κ2) is 11.3. The number of hydrogen-bond donors (Lipinski definition) is 1. The van der Waals surface area contributed by atoms with Gasteiger partial charge in [0.2, 0.25) is 11.8 Å². The minimum atomic E-state index is -0.676. The Bertz CT molecular complexity index is 1040. The molecule has 0 spiro atoms. The Morgan fingerprint density at radius 2 is 1.59 bits per heavy atom. The largest absolute Gasteiger partial charge is 0.497 e. The molecule has 2 amide bonds. The van der Waals surface area contributed by atoms with Crippen molar-refractivity contribution in [2.75, 3.05) is 14.2 Å². The Morgan fingerprint density at radius 1 is 0.938 bits per heavy atom. The zero-order chi connectivity index (χ0) is 22.9. The maximum absolute atomic E-state index is 13.5. The van der Waals surface area contributed by atoms with Crippen LogP contribution in [0.25, 0.3) is 0 Å². The van der Waals surface area contributed by atoms with E-state index in [9.17, 15) is 9.59 Å². The van der Waals surface area contributed by atoms with E-state index < -0.39 is 6.04 Å². The number of nitrogens with one attached hydrogen (secondary N) is 1. The van der Waals surface area contributed by atoms with Crippen molar-refractivity contribution in [2.45, 2.75) is 25.4 Å². The van der Waals surface area contributed by atoms with Gasteiger partial charge in [0.15, 0.2) is 0 Å². The van der Waals surface area contributed by atoms with Gasteiger partial charge in [-0.1, -0.05) is 72.3 Å². The van der Waals surface area contributed by atoms with Crippen molar-refractivity contribution in [3.8, 4) is 5.75 Å². The van der Waals surface area contributed by atoms with Crippen LogP contribution in [0.3, 0.4) is 0 Å². The van der Waals surface area contributed by atoms with Crippen LogP contribution in [0.15, 0.2) is 78.9 Å². The van der Waals surface area contributed by atoms with Crippen LogP contribution < -0.4 is 10.1 Å². The van der Waals surface area contributed by atoms with Gasteiger partial charge in [-0.05, 0) is 34.9 Å². The lowest BCUT2D eigenvalue weighted by Crippen LogP contribution is -2.50. The first-order valence-corrected chi connectivity index (χ1v) is 10.8. The molecule has 3 aromatic rings. The van der Waals surface area contributed by atoms with E-state index in [-0.39, 0.29) is 24.8 Å². The molecule has 0 saturated heterocycles. The number of halogens is 1. The zero-order valence-electron chi connectivity index (χ0n) is 18.3. The summed E-state index contributed by atoms with van der Waals surface area (Å²) in [6, 6.07) is 23.7. The lowest BCUT2D eigenvalue weighted by molar-refractivity contribution is -0.140. The van der Waals surface area contributed by atoms with Gasteiger partial charge in [-0.25, -0.2) is 0 Å². The number of ether oxygens (including phenoxy) is 1. The summed E-state index contributed by atoms with van der Waals surface area (Å²) in [6.07, 6.45) is 0.566. The van der Waals surface area contributed by atoms with E-state index in [0.29, 0.717) is 11.4 Å². The molecule has 0 bridgehead atoms. The van der Waals surface area contributed by atoms with Gasteiger partial charge in [0, 0.05) is 25.0 Å². The highest BCUT2D eigenvalue weighted by Gasteiger charge is 2.30. The Morgan fingerprint density at radius 3 is 2.22 bits per heavy atom. The molecule has 0 saturated carbocycles. The Balaban J connectivity index is 1.93. The topological polar surface area (TPSA) is 58.6 Å². The molecule has 1 unspecified atom stereocenters. The van der Waals surface area contributed by atoms with Crippen molar-refractivity contribution in [3.05, 3.63) is 101 Å². The molecule has 3 rings (SSSR count). The standard InChI is InChI=1S/C26H27ClN2O3/c1-28-26(31)24(16-19-8-4-3-5-9-19)29(18-21-10-6-7-11-23(21)27)25(30)17-20-12-14-22(32-2)15-13-20/h3-15,24H,16-18H2,1-2H3,(H,28,31). The van der Waals surface area contributed by atoms with Crippen LogP contribution in [0.4, 0.5) is 0 Å². The molecule has 5 nitrogen and oxygen atoms in total. The molecule has 0 aliphatic rings.